The molecule has 1 heterocycles. The number of hydrogen-bond acceptors (Lipinski definition) is 4. The second kappa shape index (κ2) is 7.95. The largest absolute Gasteiger partial charge is 0.361 e. The number of anilines is 2. The minimum absolute atomic E-state index is 0.0428. The van der Waals surface area contributed by atoms with Gasteiger partial charge < -0.3 is 10.6 Å². The van der Waals surface area contributed by atoms with E-state index in [2.05, 4.69) is 22.8 Å². The number of rotatable bonds is 3. The average molecular weight is 400 g/mol. The molecule has 0 radical (unpaired) electrons. The van der Waals surface area contributed by atoms with Gasteiger partial charge in [0.2, 0.25) is 5.91 Å². The maximum absolute atomic E-state index is 12.4. The Hall–Kier alpha value is -1.98. The molecule has 1 saturated carbocycles. The van der Waals surface area contributed by atoms with Crippen molar-refractivity contribution in [3.05, 3.63) is 59.1 Å². The van der Waals surface area contributed by atoms with Crippen molar-refractivity contribution in [1.82, 2.24) is 0 Å². The van der Waals surface area contributed by atoms with Crippen molar-refractivity contribution < 1.29 is 4.79 Å². The van der Waals surface area contributed by atoms with Gasteiger partial charge >= 0.3 is 0 Å². The van der Waals surface area contributed by atoms with Crippen LogP contribution >= 0.6 is 23.4 Å². The van der Waals surface area contributed by atoms with Gasteiger partial charge in [-0.05, 0) is 56.0 Å². The number of carbonyl (C=O) groups excluding carboxylic acids is 1. The predicted molar refractivity (Wildman–Crippen MR) is 115 cm³/mol. The molecular weight excluding hydrogens is 378 g/mol. The highest BCUT2D eigenvalue weighted by Crippen LogP contribution is 2.39. The van der Waals surface area contributed by atoms with Gasteiger partial charge in [-0.1, -0.05) is 48.0 Å². The molecule has 140 valence electrons. The van der Waals surface area contributed by atoms with Crippen molar-refractivity contribution in [3.63, 3.8) is 0 Å². The van der Waals surface area contributed by atoms with Crippen molar-refractivity contribution in [2.24, 2.45) is 4.99 Å². The fraction of sp³-hybridized carbons (Fsp3) is 0.333. The number of hydrogen-bond donors (Lipinski definition) is 2. The van der Waals surface area contributed by atoms with Gasteiger partial charge in [-0.25, -0.2) is 4.99 Å². The average Bonchev–Trinajstić information content (AvgIpc) is 2.68. The molecule has 0 saturated heterocycles. The van der Waals surface area contributed by atoms with Crippen molar-refractivity contribution in [2.45, 2.75) is 37.8 Å². The van der Waals surface area contributed by atoms with Gasteiger partial charge in [0.1, 0.15) is 10.7 Å². The minimum Gasteiger partial charge on any atom is -0.361 e. The van der Waals surface area contributed by atoms with E-state index in [1.807, 2.05) is 12.1 Å². The summed E-state index contributed by atoms with van der Waals surface area (Å²) in [6.45, 7) is 0. The molecule has 4 rings (SSSR count). The maximum atomic E-state index is 12.4. The lowest BCUT2D eigenvalue weighted by molar-refractivity contribution is -0.113. The third kappa shape index (κ3) is 4.30. The van der Waals surface area contributed by atoms with E-state index in [1.54, 1.807) is 24.3 Å². The molecule has 2 aliphatic rings. The van der Waals surface area contributed by atoms with Crippen molar-refractivity contribution in [3.8, 4) is 0 Å². The van der Waals surface area contributed by atoms with Gasteiger partial charge in [-0.15, -0.1) is 0 Å². The molecule has 2 N–H and O–H groups in total. The zero-order valence-corrected chi connectivity index (χ0v) is 16.6. The van der Waals surface area contributed by atoms with Gasteiger partial charge in [-0.2, -0.15) is 0 Å². The van der Waals surface area contributed by atoms with E-state index in [-0.39, 0.29) is 11.6 Å². The van der Waals surface area contributed by atoms with Gasteiger partial charge in [0.15, 0.2) is 0 Å². The standard InChI is InChI=1S/C21H22ClN3OS/c22-15-8-10-16(11-9-15)23-19(26)14-27-20-17-6-2-3-7-18(17)24-21(25-20)12-4-1-5-13-21/h2-3,6-11,24H,1,4-5,12-14H2,(H,23,26). The number of thioether (sulfide) groups is 1. The first-order valence-electron chi connectivity index (χ1n) is 9.29. The van der Waals surface area contributed by atoms with E-state index >= 15 is 0 Å². The van der Waals surface area contributed by atoms with E-state index < -0.39 is 0 Å². The van der Waals surface area contributed by atoms with Crippen LogP contribution in [0.1, 0.15) is 37.7 Å². The summed E-state index contributed by atoms with van der Waals surface area (Å²) in [6, 6.07) is 15.4. The molecule has 0 aromatic heterocycles. The first-order chi connectivity index (χ1) is 13.1. The monoisotopic (exact) mass is 399 g/mol. The Morgan fingerprint density at radius 3 is 2.63 bits per heavy atom. The Kier molecular flexibility index (Phi) is 5.41. The van der Waals surface area contributed by atoms with Gasteiger partial charge in [0, 0.05) is 22.0 Å². The molecule has 1 aliphatic carbocycles. The maximum Gasteiger partial charge on any atom is 0.234 e. The summed E-state index contributed by atoms with van der Waals surface area (Å²) in [5, 5.41) is 8.19. The fourth-order valence-electron chi connectivity index (χ4n) is 3.66. The molecule has 1 aliphatic heterocycles. The van der Waals surface area contributed by atoms with Crippen LogP contribution < -0.4 is 10.6 Å². The highest BCUT2D eigenvalue weighted by atomic mass is 35.5. The number of nitrogens with one attached hydrogen (secondary N) is 2. The van der Waals surface area contributed by atoms with Crippen LogP contribution in [-0.4, -0.2) is 22.4 Å². The molecule has 2 aromatic rings. The lowest BCUT2D eigenvalue weighted by Gasteiger charge is -2.39. The summed E-state index contributed by atoms with van der Waals surface area (Å²) >= 11 is 7.40. The molecule has 4 nitrogen and oxygen atoms in total. The molecule has 1 spiro atoms. The van der Waals surface area contributed by atoms with Crippen LogP contribution in [0.3, 0.4) is 0 Å². The van der Waals surface area contributed by atoms with Crippen LogP contribution in [0.2, 0.25) is 5.02 Å². The van der Waals surface area contributed by atoms with Crippen molar-refractivity contribution in [1.29, 1.82) is 0 Å². The first-order valence-corrected chi connectivity index (χ1v) is 10.7. The van der Waals surface area contributed by atoms with Crippen LogP contribution in [0, 0.1) is 0 Å². The summed E-state index contributed by atoms with van der Waals surface area (Å²) < 4.78 is 0. The molecule has 1 fully saturated rings. The summed E-state index contributed by atoms with van der Waals surface area (Å²) in [7, 11) is 0. The molecule has 2 aromatic carbocycles. The highest BCUT2D eigenvalue weighted by Gasteiger charge is 2.36. The first kappa shape index (κ1) is 18.4. The van der Waals surface area contributed by atoms with E-state index in [1.165, 1.54) is 31.0 Å². The highest BCUT2D eigenvalue weighted by molar-refractivity contribution is 8.15. The number of nitrogens with zero attached hydrogens (tertiary/aromatic N) is 1. The van der Waals surface area contributed by atoms with Gasteiger partial charge in [0.05, 0.1) is 5.75 Å². The number of amides is 1. The number of para-hydroxylation sites is 1. The van der Waals surface area contributed by atoms with E-state index in [0.29, 0.717) is 10.8 Å². The Morgan fingerprint density at radius 2 is 1.85 bits per heavy atom. The fourth-order valence-corrected chi connectivity index (χ4v) is 4.70. The lowest BCUT2D eigenvalue weighted by Crippen LogP contribution is -2.42. The molecule has 27 heavy (non-hydrogen) atoms. The SMILES string of the molecule is O=C(CSC1=NC2(CCCCC2)Nc2ccccc21)Nc1ccc(Cl)cc1. The molecule has 0 unspecified atom stereocenters. The number of benzene rings is 2. The summed E-state index contributed by atoms with van der Waals surface area (Å²) in [5.74, 6) is 0.282. The van der Waals surface area contributed by atoms with Gasteiger partial charge in [-0.3, -0.25) is 4.79 Å². The third-order valence-electron chi connectivity index (χ3n) is 4.99. The van der Waals surface area contributed by atoms with Crippen molar-refractivity contribution >= 4 is 45.7 Å². The Morgan fingerprint density at radius 1 is 1.11 bits per heavy atom. The van der Waals surface area contributed by atoms with E-state index in [4.69, 9.17) is 16.6 Å². The molecule has 0 atom stereocenters. The lowest BCUT2D eigenvalue weighted by atomic mass is 9.88. The number of fused-ring (bicyclic) bond motifs is 1. The summed E-state index contributed by atoms with van der Waals surface area (Å²) in [5.41, 5.74) is 2.75. The van der Waals surface area contributed by atoms with Gasteiger partial charge in [0.25, 0.3) is 0 Å². The van der Waals surface area contributed by atoms with Crippen LogP contribution in [0.4, 0.5) is 11.4 Å². The molecular formula is C21H22ClN3OS. The van der Waals surface area contributed by atoms with Crippen LogP contribution in [0.5, 0.6) is 0 Å². The number of halogens is 1. The normalized spacial score (nSPS) is 17.6. The topological polar surface area (TPSA) is 53.5 Å². The predicted octanol–water partition coefficient (Wildman–Crippen LogP) is 5.54. The zero-order chi connectivity index (χ0) is 18.7. The Labute approximate surface area is 168 Å². The number of carbonyl (C=O) groups is 1. The summed E-state index contributed by atoms with van der Waals surface area (Å²) in [6.07, 6.45) is 5.73. The molecule has 1 amide bonds. The second-order valence-electron chi connectivity index (χ2n) is 7.02. The quantitative estimate of drug-likeness (QED) is 0.711. The number of aliphatic imine (C=N–C) groups is 1. The Bertz CT molecular complexity index is 860. The molecule has 0 bridgehead atoms. The van der Waals surface area contributed by atoms with Crippen molar-refractivity contribution in [2.75, 3.05) is 16.4 Å². The van der Waals surface area contributed by atoms with Crippen LogP contribution in [-0.2, 0) is 4.79 Å². The van der Waals surface area contributed by atoms with E-state index in [9.17, 15) is 4.79 Å². The third-order valence-corrected chi connectivity index (χ3v) is 6.23. The van der Waals surface area contributed by atoms with Crippen LogP contribution in [0.25, 0.3) is 0 Å². The smallest absolute Gasteiger partial charge is 0.234 e. The zero-order valence-electron chi connectivity index (χ0n) is 15.0. The Balaban J connectivity index is 1.48. The second-order valence-corrected chi connectivity index (χ2v) is 8.42. The molecule has 6 heteroatoms. The minimum atomic E-state index is -0.207. The van der Waals surface area contributed by atoms with Crippen LogP contribution in [0.15, 0.2) is 53.5 Å². The summed E-state index contributed by atoms with van der Waals surface area (Å²) in [4.78, 5) is 17.5. The van der Waals surface area contributed by atoms with E-state index in [0.717, 1.165) is 34.8 Å².